The molecule has 0 radical (unpaired) electrons. The number of para-hydroxylation sites is 3. The van der Waals surface area contributed by atoms with Crippen molar-refractivity contribution >= 4 is 11.0 Å². The molecule has 1 heterocycles. The SMILES string of the molecule is CCCc1nc2ccccc2n1CC(O)COc1ccccc1C. The Bertz CT molecular complexity index is 810. The smallest absolute Gasteiger partial charge is 0.122 e. The number of imidazole rings is 1. The molecule has 24 heavy (non-hydrogen) atoms. The molecule has 0 saturated carbocycles. The third kappa shape index (κ3) is 3.60. The molecule has 3 aromatic rings. The van der Waals surface area contributed by atoms with Gasteiger partial charge < -0.3 is 14.4 Å². The zero-order chi connectivity index (χ0) is 16.9. The maximum absolute atomic E-state index is 10.5. The minimum absolute atomic E-state index is 0.267. The Hall–Kier alpha value is -2.33. The lowest BCUT2D eigenvalue weighted by Crippen LogP contribution is -2.24. The van der Waals surface area contributed by atoms with Crippen LogP contribution in [0.1, 0.15) is 24.7 Å². The van der Waals surface area contributed by atoms with Crippen LogP contribution in [0.2, 0.25) is 0 Å². The summed E-state index contributed by atoms with van der Waals surface area (Å²) in [6, 6.07) is 15.9. The van der Waals surface area contributed by atoms with E-state index in [1.165, 1.54) is 0 Å². The van der Waals surface area contributed by atoms with E-state index < -0.39 is 6.10 Å². The van der Waals surface area contributed by atoms with Crippen LogP contribution in [0.4, 0.5) is 0 Å². The zero-order valence-corrected chi connectivity index (χ0v) is 14.3. The molecule has 0 aliphatic carbocycles. The number of ether oxygens (including phenoxy) is 1. The number of aryl methyl sites for hydroxylation is 2. The zero-order valence-electron chi connectivity index (χ0n) is 14.3. The van der Waals surface area contributed by atoms with Gasteiger partial charge in [0.25, 0.3) is 0 Å². The molecule has 0 saturated heterocycles. The number of hydrogen-bond donors (Lipinski definition) is 1. The van der Waals surface area contributed by atoms with Gasteiger partial charge in [-0.2, -0.15) is 0 Å². The first-order valence-electron chi connectivity index (χ1n) is 8.49. The molecule has 1 atom stereocenters. The van der Waals surface area contributed by atoms with Gasteiger partial charge in [0.15, 0.2) is 0 Å². The number of aromatic nitrogens is 2. The fraction of sp³-hybridized carbons (Fsp3) is 0.350. The summed E-state index contributed by atoms with van der Waals surface area (Å²) in [6.07, 6.45) is 1.34. The average molecular weight is 324 g/mol. The summed E-state index contributed by atoms with van der Waals surface area (Å²) in [7, 11) is 0. The molecule has 1 N–H and O–H groups in total. The normalized spacial score (nSPS) is 12.5. The quantitative estimate of drug-likeness (QED) is 0.720. The van der Waals surface area contributed by atoms with Gasteiger partial charge in [-0.3, -0.25) is 0 Å². The first kappa shape index (κ1) is 16.5. The van der Waals surface area contributed by atoms with Crippen LogP contribution in [0.15, 0.2) is 48.5 Å². The van der Waals surface area contributed by atoms with Crippen molar-refractivity contribution in [1.82, 2.24) is 9.55 Å². The summed E-state index contributed by atoms with van der Waals surface area (Å²) in [5.74, 6) is 1.84. The molecule has 0 bridgehead atoms. The first-order chi connectivity index (χ1) is 11.7. The van der Waals surface area contributed by atoms with Gasteiger partial charge in [0.1, 0.15) is 24.3 Å². The summed E-state index contributed by atoms with van der Waals surface area (Å²) < 4.78 is 7.89. The monoisotopic (exact) mass is 324 g/mol. The van der Waals surface area contributed by atoms with Gasteiger partial charge in [0, 0.05) is 6.42 Å². The molecule has 1 unspecified atom stereocenters. The second-order valence-corrected chi connectivity index (χ2v) is 6.11. The Labute approximate surface area is 142 Å². The third-order valence-corrected chi connectivity index (χ3v) is 4.13. The van der Waals surface area contributed by atoms with Crippen LogP contribution in [-0.4, -0.2) is 27.4 Å². The van der Waals surface area contributed by atoms with Crippen LogP contribution in [0.3, 0.4) is 0 Å². The molecule has 0 amide bonds. The van der Waals surface area contributed by atoms with E-state index in [1.54, 1.807) is 0 Å². The van der Waals surface area contributed by atoms with Crippen molar-refractivity contribution in [3.8, 4) is 5.75 Å². The summed E-state index contributed by atoms with van der Waals surface area (Å²) >= 11 is 0. The van der Waals surface area contributed by atoms with Crippen LogP contribution < -0.4 is 4.74 Å². The van der Waals surface area contributed by atoms with Crippen LogP contribution in [0.25, 0.3) is 11.0 Å². The molecule has 0 aliphatic heterocycles. The van der Waals surface area contributed by atoms with Crippen molar-refractivity contribution < 1.29 is 9.84 Å². The lowest BCUT2D eigenvalue weighted by Gasteiger charge is -2.16. The highest BCUT2D eigenvalue weighted by atomic mass is 16.5. The number of hydrogen-bond acceptors (Lipinski definition) is 3. The van der Waals surface area contributed by atoms with E-state index >= 15 is 0 Å². The predicted molar refractivity (Wildman–Crippen MR) is 96.4 cm³/mol. The number of aliphatic hydroxyl groups excluding tert-OH is 1. The molecule has 4 nitrogen and oxygen atoms in total. The Morgan fingerprint density at radius 1 is 1.12 bits per heavy atom. The second kappa shape index (κ2) is 7.49. The molecule has 126 valence electrons. The molecule has 0 fully saturated rings. The summed E-state index contributed by atoms with van der Waals surface area (Å²) in [5.41, 5.74) is 3.12. The number of rotatable bonds is 7. The van der Waals surface area contributed by atoms with Crippen molar-refractivity contribution in [2.45, 2.75) is 39.3 Å². The minimum atomic E-state index is -0.585. The summed E-state index contributed by atoms with van der Waals surface area (Å²) in [5, 5.41) is 10.5. The fourth-order valence-electron chi connectivity index (χ4n) is 2.91. The van der Waals surface area contributed by atoms with Crippen LogP contribution in [-0.2, 0) is 13.0 Å². The van der Waals surface area contributed by atoms with E-state index in [0.717, 1.165) is 41.0 Å². The summed E-state index contributed by atoms with van der Waals surface area (Å²) in [6.45, 7) is 4.90. The molecule has 0 aliphatic rings. The predicted octanol–water partition coefficient (Wildman–Crippen LogP) is 3.74. The molecular formula is C20H24N2O2. The largest absolute Gasteiger partial charge is 0.491 e. The first-order valence-corrected chi connectivity index (χ1v) is 8.49. The highest BCUT2D eigenvalue weighted by Crippen LogP contribution is 2.19. The van der Waals surface area contributed by atoms with E-state index in [9.17, 15) is 5.11 Å². The number of aliphatic hydroxyl groups is 1. The van der Waals surface area contributed by atoms with E-state index in [4.69, 9.17) is 9.72 Å². The highest BCUT2D eigenvalue weighted by molar-refractivity contribution is 5.75. The van der Waals surface area contributed by atoms with Crippen LogP contribution in [0.5, 0.6) is 5.75 Å². The van der Waals surface area contributed by atoms with E-state index in [0.29, 0.717) is 6.54 Å². The van der Waals surface area contributed by atoms with Crippen molar-refractivity contribution in [2.24, 2.45) is 0 Å². The molecule has 4 heteroatoms. The van der Waals surface area contributed by atoms with Crippen molar-refractivity contribution in [3.05, 3.63) is 59.9 Å². The molecule has 1 aromatic heterocycles. The standard InChI is InChI=1S/C20H24N2O2/c1-3-8-20-21-17-10-5-6-11-18(17)22(20)13-16(23)14-24-19-12-7-4-9-15(19)2/h4-7,9-12,16,23H,3,8,13-14H2,1-2H3. The van der Waals surface area contributed by atoms with Gasteiger partial charge in [-0.05, 0) is 37.1 Å². The van der Waals surface area contributed by atoms with Crippen molar-refractivity contribution in [2.75, 3.05) is 6.61 Å². The second-order valence-electron chi connectivity index (χ2n) is 6.11. The average Bonchev–Trinajstić information content (AvgIpc) is 2.92. The maximum Gasteiger partial charge on any atom is 0.122 e. The van der Waals surface area contributed by atoms with E-state index in [-0.39, 0.29) is 6.61 Å². The van der Waals surface area contributed by atoms with Gasteiger partial charge in [0.2, 0.25) is 0 Å². The van der Waals surface area contributed by atoms with Crippen molar-refractivity contribution in [1.29, 1.82) is 0 Å². The number of nitrogens with zero attached hydrogens (tertiary/aromatic N) is 2. The van der Waals surface area contributed by atoms with Crippen LogP contribution in [0, 0.1) is 6.92 Å². The van der Waals surface area contributed by atoms with Gasteiger partial charge in [-0.1, -0.05) is 37.3 Å². The minimum Gasteiger partial charge on any atom is -0.491 e. The van der Waals surface area contributed by atoms with E-state index in [2.05, 4.69) is 17.6 Å². The number of benzene rings is 2. The lowest BCUT2D eigenvalue weighted by molar-refractivity contribution is 0.0924. The Kier molecular flexibility index (Phi) is 5.16. The van der Waals surface area contributed by atoms with Crippen molar-refractivity contribution in [3.63, 3.8) is 0 Å². The van der Waals surface area contributed by atoms with E-state index in [1.807, 2.05) is 49.4 Å². The van der Waals surface area contributed by atoms with Gasteiger partial charge >= 0.3 is 0 Å². The topological polar surface area (TPSA) is 47.3 Å². The molecular weight excluding hydrogens is 300 g/mol. The molecule has 0 spiro atoms. The molecule has 3 rings (SSSR count). The Morgan fingerprint density at radius 3 is 2.67 bits per heavy atom. The number of fused-ring (bicyclic) bond motifs is 1. The fourth-order valence-corrected chi connectivity index (χ4v) is 2.91. The van der Waals surface area contributed by atoms with Gasteiger partial charge in [0.05, 0.1) is 17.6 Å². The summed E-state index contributed by atoms with van der Waals surface area (Å²) in [4.78, 5) is 4.70. The van der Waals surface area contributed by atoms with Gasteiger partial charge in [-0.15, -0.1) is 0 Å². The maximum atomic E-state index is 10.5. The Morgan fingerprint density at radius 2 is 1.88 bits per heavy atom. The molecule has 2 aromatic carbocycles. The lowest BCUT2D eigenvalue weighted by atomic mass is 10.2. The Balaban J connectivity index is 1.74. The van der Waals surface area contributed by atoms with Gasteiger partial charge in [-0.25, -0.2) is 4.98 Å². The highest BCUT2D eigenvalue weighted by Gasteiger charge is 2.14. The third-order valence-electron chi connectivity index (χ3n) is 4.13. The van der Waals surface area contributed by atoms with Crippen LogP contribution >= 0.6 is 0 Å².